The van der Waals surface area contributed by atoms with Crippen LogP contribution in [-0.2, 0) is 0 Å². The molecule has 0 aliphatic heterocycles. The first kappa shape index (κ1) is 76.6. The van der Waals surface area contributed by atoms with Crippen molar-refractivity contribution in [2.24, 2.45) is 0 Å². The molecule has 0 radical (unpaired) electrons. The summed E-state index contributed by atoms with van der Waals surface area (Å²) in [5, 5.41) is 12.4. The van der Waals surface area contributed by atoms with Gasteiger partial charge in [0.15, 0.2) is 0 Å². The van der Waals surface area contributed by atoms with Crippen LogP contribution in [0.4, 0.5) is 0 Å². The van der Waals surface area contributed by atoms with E-state index in [1.54, 1.807) is 0 Å². The topological polar surface area (TPSA) is 116 Å². The number of nitrogens with one attached hydrogen (secondary N) is 4. The van der Waals surface area contributed by atoms with Crippen molar-refractivity contribution in [2.45, 2.75) is 362 Å². The van der Waals surface area contributed by atoms with Gasteiger partial charge in [0.25, 0.3) is 23.6 Å². The number of rotatable bonds is 62. The van der Waals surface area contributed by atoms with Crippen LogP contribution in [0.15, 0.2) is 36.4 Å². The predicted molar refractivity (Wildman–Crippen MR) is 357 cm³/mol. The van der Waals surface area contributed by atoms with E-state index >= 15 is 0 Å². The Bertz CT molecular complexity index is 1570. The fourth-order valence-electron chi connectivity index (χ4n) is 11.2. The fraction of sp³-hybridized carbons (Fsp3) is 0.811. The molecule has 0 aliphatic carbocycles. The highest BCUT2D eigenvalue weighted by molar-refractivity contribution is 6.14. The van der Waals surface area contributed by atoms with E-state index in [2.05, 4.69) is 73.3 Å². The third kappa shape index (κ3) is 46.9. The summed E-state index contributed by atoms with van der Waals surface area (Å²) in [5.74, 6) is -1.52. The van der Waals surface area contributed by atoms with Crippen LogP contribution in [0.1, 0.15) is 403 Å². The average molecular weight is 1140 g/mol. The Morgan fingerprint density at radius 1 is 0.232 bits per heavy atom. The van der Waals surface area contributed by atoms with Crippen molar-refractivity contribution in [2.75, 3.05) is 26.2 Å². The number of hydrogen-bond donors (Lipinski definition) is 4. The molecule has 1 aromatic carbocycles. The summed E-state index contributed by atoms with van der Waals surface area (Å²) in [6, 6.07) is 3.04. The monoisotopic (exact) mass is 1140 g/mol. The first-order chi connectivity index (χ1) is 40.4. The molecular formula is C74H134N4O4. The Hall–Kier alpha value is -3.42. The molecule has 4 N–H and O–H groups in total. The van der Waals surface area contributed by atoms with Crippen LogP contribution in [-0.4, -0.2) is 49.8 Å². The molecule has 0 saturated carbocycles. The highest BCUT2D eigenvalue weighted by Crippen LogP contribution is 2.21. The van der Waals surface area contributed by atoms with Gasteiger partial charge < -0.3 is 21.3 Å². The first-order valence-electron chi connectivity index (χ1n) is 36.0. The summed E-state index contributed by atoms with van der Waals surface area (Å²) >= 11 is 0. The van der Waals surface area contributed by atoms with Crippen LogP contribution < -0.4 is 21.3 Å². The average Bonchev–Trinajstić information content (AvgIpc) is 3.66. The standard InChI is InChI=1S/C74H134N4O4/c1-5-9-13-17-21-25-29-33-35-37-39-43-47-51-55-59-63-77-73(81)69-65-68(72(80)76-62-58-54-50-46-42-32-28-24-20-16-12-8-4)70(66-67(69)71(79)75-61-57-53-49-45-41-31-27-23-19-15-11-7-3)74(82)78-64-60-56-52-48-44-40-38-36-34-30-26-22-18-14-10-6-2/h33-36,65-66H,5-32,37-64H2,1-4H3,(H,75,79)(H,76,80)(H,77,81)(H,78,82)/b35-33+,36-34+. The van der Waals surface area contributed by atoms with Crippen LogP contribution in [0.25, 0.3) is 0 Å². The number of carbonyl (C=O) groups is 4. The zero-order chi connectivity index (χ0) is 59.3. The molecule has 8 heteroatoms. The lowest BCUT2D eigenvalue weighted by atomic mass is 9.95. The van der Waals surface area contributed by atoms with Gasteiger partial charge >= 0.3 is 0 Å². The number of hydrogen-bond acceptors (Lipinski definition) is 4. The lowest BCUT2D eigenvalue weighted by molar-refractivity contribution is 0.0907. The van der Waals surface area contributed by atoms with Gasteiger partial charge in [-0.05, 0) is 89.2 Å². The van der Waals surface area contributed by atoms with Gasteiger partial charge in [0.2, 0.25) is 0 Å². The Balaban J connectivity index is 2.99. The van der Waals surface area contributed by atoms with Crippen LogP contribution in [0.2, 0.25) is 0 Å². The second-order valence-electron chi connectivity index (χ2n) is 24.6. The van der Waals surface area contributed by atoms with Gasteiger partial charge in [0.05, 0.1) is 22.3 Å². The molecule has 0 unspecified atom stereocenters. The SMILES string of the molecule is CCCCCCCC/C=C/CCCCCCCCNC(=O)c1cc(C(=O)NCCCCCCCCCCCCCC)c(C(=O)NCCCCCCCC/C=C/CCCCCCCC)cc1C(=O)NCCCCCCCCCCCCCC. The summed E-state index contributed by atoms with van der Waals surface area (Å²) in [4.78, 5) is 56.7. The van der Waals surface area contributed by atoms with Crippen molar-refractivity contribution in [3.63, 3.8) is 0 Å². The van der Waals surface area contributed by atoms with Gasteiger partial charge in [-0.25, -0.2) is 0 Å². The molecule has 0 aliphatic rings. The Labute approximate surface area is 508 Å². The minimum absolute atomic E-state index is 0.150. The van der Waals surface area contributed by atoms with Crippen molar-refractivity contribution >= 4 is 23.6 Å². The lowest BCUT2D eigenvalue weighted by Gasteiger charge is -2.17. The lowest BCUT2D eigenvalue weighted by Crippen LogP contribution is -2.34. The first-order valence-corrected chi connectivity index (χ1v) is 36.0. The van der Waals surface area contributed by atoms with E-state index < -0.39 is 0 Å². The Morgan fingerprint density at radius 3 is 0.549 bits per heavy atom. The molecule has 1 rings (SSSR count). The molecule has 1 aromatic rings. The maximum absolute atomic E-state index is 14.2. The molecule has 4 amide bonds. The van der Waals surface area contributed by atoms with E-state index in [9.17, 15) is 19.2 Å². The van der Waals surface area contributed by atoms with Crippen molar-refractivity contribution < 1.29 is 19.2 Å². The third-order valence-electron chi connectivity index (χ3n) is 16.7. The van der Waals surface area contributed by atoms with E-state index in [0.29, 0.717) is 26.2 Å². The summed E-state index contributed by atoms with van der Waals surface area (Å²) in [7, 11) is 0. The largest absolute Gasteiger partial charge is 0.352 e. The zero-order valence-electron chi connectivity index (χ0n) is 54.7. The van der Waals surface area contributed by atoms with Crippen LogP contribution >= 0.6 is 0 Å². The molecule has 0 aromatic heterocycles. The maximum atomic E-state index is 14.2. The smallest absolute Gasteiger partial charge is 0.252 e. The minimum atomic E-state index is -0.380. The number of carbonyl (C=O) groups excluding carboxylic acids is 4. The molecule has 0 fully saturated rings. The molecule has 0 saturated heterocycles. The number of allylic oxidation sites excluding steroid dienone is 4. The van der Waals surface area contributed by atoms with E-state index in [-0.39, 0.29) is 45.9 Å². The fourth-order valence-corrected chi connectivity index (χ4v) is 11.2. The minimum Gasteiger partial charge on any atom is -0.352 e. The van der Waals surface area contributed by atoms with Gasteiger partial charge in [-0.15, -0.1) is 0 Å². The third-order valence-corrected chi connectivity index (χ3v) is 16.7. The van der Waals surface area contributed by atoms with E-state index in [4.69, 9.17) is 0 Å². The summed E-state index contributed by atoms with van der Waals surface area (Å²) < 4.78 is 0. The summed E-state index contributed by atoms with van der Waals surface area (Å²) in [5.41, 5.74) is 0.601. The predicted octanol–water partition coefficient (Wildman–Crippen LogP) is 22.1. The second kappa shape index (κ2) is 60.7. The molecule has 82 heavy (non-hydrogen) atoms. The number of amides is 4. The van der Waals surface area contributed by atoms with Crippen molar-refractivity contribution in [3.8, 4) is 0 Å². The molecule has 0 bridgehead atoms. The van der Waals surface area contributed by atoms with Gasteiger partial charge in [0, 0.05) is 26.2 Å². The molecule has 474 valence electrons. The normalized spacial score (nSPS) is 11.6. The highest BCUT2D eigenvalue weighted by atomic mass is 16.2. The zero-order valence-corrected chi connectivity index (χ0v) is 54.7. The summed E-state index contributed by atoms with van der Waals surface area (Å²) in [6.07, 6.45) is 73.1. The van der Waals surface area contributed by atoms with Crippen LogP contribution in [0.3, 0.4) is 0 Å². The van der Waals surface area contributed by atoms with Crippen molar-refractivity contribution in [3.05, 3.63) is 58.7 Å². The van der Waals surface area contributed by atoms with Gasteiger partial charge in [-0.3, -0.25) is 19.2 Å². The molecule has 0 atom stereocenters. The molecule has 0 heterocycles. The quantitative estimate of drug-likeness (QED) is 0.0384. The van der Waals surface area contributed by atoms with E-state index in [1.165, 1.54) is 256 Å². The Morgan fingerprint density at radius 2 is 0.378 bits per heavy atom. The van der Waals surface area contributed by atoms with E-state index in [1.807, 2.05) is 0 Å². The van der Waals surface area contributed by atoms with Gasteiger partial charge in [-0.2, -0.15) is 0 Å². The van der Waals surface area contributed by atoms with Crippen LogP contribution in [0, 0.1) is 0 Å². The van der Waals surface area contributed by atoms with Crippen molar-refractivity contribution in [1.29, 1.82) is 0 Å². The second-order valence-corrected chi connectivity index (χ2v) is 24.6. The van der Waals surface area contributed by atoms with Gasteiger partial charge in [0.1, 0.15) is 0 Å². The van der Waals surface area contributed by atoms with Crippen LogP contribution in [0.5, 0.6) is 0 Å². The number of benzene rings is 1. The van der Waals surface area contributed by atoms with E-state index in [0.717, 1.165) is 89.9 Å². The van der Waals surface area contributed by atoms with Gasteiger partial charge in [-0.1, -0.05) is 309 Å². The molecular weight excluding hydrogens is 1010 g/mol. The van der Waals surface area contributed by atoms with Crippen molar-refractivity contribution in [1.82, 2.24) is 21.3 Å². The molecule has 0 spiro atoms. The number of unbranched alkanes of at least 4 members (excludes halogenated alkanes) is 46. The highest BCUT2D eigenvalue weighted by Gasteiger charge is 2.26. The molecule has 8 nitrogen and oxygen atoms in total. The Kier molecular flexibility index (Phi) is 56.7. The summed E-state index contributed by atoms with van der Waals surface area (Å²) in [6.45, 7) is 11.0. The maximum Gasteiger partial charge on any atom is 0.252 e.